The molecule has 3 N–H and O–H groups in total. The van der Waals surface area contributed by atoms with Crippen LogP contribution in [-0.4, -0.2) is 36.3 Å². The van der Waals surface area contributed by atoms with E-state index in [1.807, 2.05) is 0 Å². The molecule has 1 aromatic carbocycles. The molecule has 0 fully saturated rings. The van der Waals surface area contributed by atoms with Crippen LogP contribution < -0.4 is 5.73 Å². The lowest BCUT2D eigenvalue weighted by atomic mass is 10.1. The summed E-state index contributed by atoms with van der Waals surface area (Å²) in [5.74, 6) is -0.955. The van der Waals surface area contributed by atoms with Gasteiger partial charge in [-0.05, 0) is 31.0 Å². The number of phenols is 1. The second kappa shape index (κ2) is 8.06. The molecular weight excluding hydrogens is 274 g/mol. The molecule has 1 aromatic rings. The molecule has 0 bridgehead atoms. The van der Waals surface area contributed by atoms with Gasteiger partial charge in [-0.2, -0.15) is 0 Å². The number of ether oxygens (including phenoxy) is 2. The first-order valence-corrected chi connectivity index (χ1v) is 6.43. The molecule has 6 nitrogen and oxygen atoms in total. The molecule has 21 heavy (non-hydrogen) atoms. The largest absolute Gasteiger partial charge is 0.508 e. The van der Waals surface area contributed by atoms with Crippen LogP contribution in [0.2, 0.25) is 0 Å². The zero-order valence-corrected chi connectivity index (χ0v) is 11.9. The molecule has 0 saturated heterocycles. The number of carbonyl (C=O) groups is 2. The number of benzene rings is 1. The van der Waals surface area contributed by atoms with Crippen LogP contribution in [0.5, 0.6) is 5.75 Å². The van der Waals surface area contributed by atoms with Crippen molar-refractivity contribution in [3.8, 4) is 5.75 Å². The van der Waals surface area contributed by atoms with E-state index in [-0.39, 0.29) is 24.5 Å². The Morgan fingerprint density at radius 3 is 2.38 bits per heavy atom. The summed E-state index contributed by atoms with van der Waals surface area (Å²) in [5, 5.41) is 9.16. The lowest BCUT2D eigenvalue weighted by Crippen LogP contribution is -2.35. The molecule has 0 aliphatic carbocycles. The zero-order valence-electron chi connectivity index (χ0n) is 11.9. The quantitative estimate of drug-likeness (QED) is 0.441. The second-order valence-corrected chi connectivity index (χ2v) is 4.56. The Labute approximate surface area is 123 Å². The molecule has 0 aromatic heterocycles. The van der Waals surface area contributed by atoms with Crippen molar-refractivity contribution >= 4 is 11.9 Å². The fraction of sp³-hybridized carbons (Fsp3) is 0.333. The van der Waals surface area contributed by atoms with E-state index in [9.17, 15) is 9.59 Å². The highest BCUT2D eigenvalue weighted by atomic mass is 16.6. The van der Waals surface area contributed by atoms with Crippen molar-refractivity contribution in [3.05, 3.63) is 42.0 Å². The molecule has 0 aliphatic rings. The molecule has 0 saturated carbocycles. The highest BCUT2D eigenvalue weighted by molar-refractivity contribution is 5.86. The van der Waals surface area contributed by atoms with Crippen molar-refractivity contribution in [2.24, 2.45) is 5.73 Å². The lowest BCUT2D eigenvalue weighted by Gasteiger charge is -2.12. The van der Waals surface area contributed by atoms with Crippen LogP contribution in [0.4, 0.5) is 0 Å². The van der Waals surface area contributed by atoms with E-state index in [1.54, 1.807) is 12.1 Å². The maximum atomic E-state index is 11.6. The number of hydrogen-bond acceptors (Lipinski definition) is 6. The molecule has 0 spiro atoms. The van der Waals surface area contributed by atoms with Crippen LogP contribution in [0.15, 0.2) is 36.4 Å². The predicted molar refractivity (Wildman–Crippen MR) is 76.5 cm³/mol. The summed E-state index contributed by atoms with van der Waals surface area (Å²) in [5.41, 5.74) is 6.81. The molecule has 1 atom stereocenters. The number of phenolic OH excluding ortho intramolecular Hbond substituents is 1. The molecule has 0 radical (unpaired) electrons. The Balaban J connectivity index is 2.29. The van der Waals surface area contributed by atoms with Crippen molar-refractivity contribution in [3.63, 3.8) is 0 Å². The first-order valence-electron chi connectivity index (χ1n) is 6.43. The first-order chi connectivity index (χ1) is 9.90. The van der Waals surface area contributed by atoms with E-state index in [0.29, 0.717) is 6.42 Å². The smallest absolute Gasteiger partial charge is 0.333 e. The van der Waals surface area contributed by atoms with Crippen molar-refractivity contribution in [2.75, 3.05) is 13.2 Å². The molecule has 0 amide bonds. The normalized spacial score (nSPS) is 11.5. The highest BCUT2D eigenvalue weighted by Gasteiger charge is 2.16. The van der Waals surface area contributed by atoms with E-state index in [2.05, 4.69) is 6.58 Å². The summed E-state index contributed by atoms with van der Waals surface area (Å²) >= 11 is 0. The van der Waals surface area contributed by atoms with Crippen LogP contribution in [0.1, 0.15) is 12.5 Å². The van der Waals surface area contributed by atoms with Gasteiger partial charge in [0.05, 0.1) is 0 Å². The third kappa shape index (κ3) is 6.09. The van der Waals surface area contributed by atoms with Gasteiger partial charge in [0, 0.05) is 5.57 Å². The van der Waals surface area contributed by atoms with Gasteiger partial charge in [-0.15, -0.1) is 0 Å². The number of carbonyl (C=O) groups excluding carboxylic acids is 2. The summed E-state index contributed by atoms with van der Waals surface area (Å²) in [6.07, 6.45) is 0.296. The first kappa shape index (κ1) is 16.7. The van der Waals surface area contributed by atoms with E-state index < -0.39 is 18.0 Å². The van der Waals surface area contributed by atoms with Gasteiger partial charge in [-0.1, -0.05) is 18.7 Å². The Morgan fingerprint density at radius 2 is 1.81 bits per heavy atom. The van der Waals surface area contributed by atoms with E-state index >= 15 is 0 Å². The van der Waals surface area contributed by atoms with Gasteiger partial charge in [0.25, 0.3) is 0 Å². The van der Waals surface area contributed by atoms with Gasteiger partial charge in [-0.25, -0.2) is 4.79 Å². The Kier molecular flexibility index (Phi) is 6.42. The van der Waals surface area contributed by atoms with Gasteiger partial charge in [0.1, 0.15) is 25.0 Å². The third-order valence-corrected chi connectivity index (χ3v) is 2.60. The number of rotatable bonds is 7. The summed E-state index contributed by atoms with van der Waals surface area (Å²) in [6, 6.07) is 5.58. The number of esters is 2. The summed E-state index contributed by atoms with van der Waals surface area (Å²) < 4.78 is 9.69. The second-order valence-electron chi connectivity index (χ2n) is 4.56. The molecule has 0 aliphatic heterocycles. The predicted octanol–water partition coefficient (Wildman–Crippen LogP) is 0.924. The number of aromatic hydroxyl groups is 1. The van der Waals surface area contributed by atoms with Crippen LogP contribution in [0, 0.1) is 0 Å². The minimum Gasteiger partial charge on any atom is -0.508 e. The van der Waals surface area contributed by atoms with Gasteiger partial charge in [0.15, 0.2) is 0 Å². The van der Waals surface area contributed by atoms with Gasteiger partial charge >= 0.3 is 11.9 Å². The highest BCUT2D eigenvalue weighted by Crippen LogP contribution is 2.11. The molecule has 114 valence electrons. The van der Waals surface area contributed by atoms with Crippen LogP contribution >= 0.6 is 0 Å². The molecule has 1 rings (SSSR count). The van der Waals surface area contributed by atoms with Crippen LogP contribution in [0.3, 0.4) is 0 Å². The summed E-state index contributed by atoms with van der Waals surface area (Å²) in [7, 11) is 0. The zero-order chi connectivity index (χ0) is 15.8. The van der Waals surface area contributed by atoms with Crippen LogP contribution in [-0.2, 0) is 25.5 Å². The standard InChI is InChI=1S/C15H19NO5/c1-10(2)14(18)20-7-8-21-15(19)13(16)9-11-3-5-12(17)6-4-11/h3-6,13,17H,1,7-9,16H2,2H3/t13-/m0/s1. The average molecular weight is 293 g/mol. The van der Waals surface area contributed by atoms with Crippen molar-refractivity contribution in [2.45, 2.75) is 19.4 Å². The fourth-order valence-corrected chi connectivity index (χ4v) is 1.48. The molecule has 6 heteroatoms. The van der Waals surface area contributed by atoms with E-state index in [4.69, 9.17) is 20.3 Å². The van der Waals surface area contributed by atoms with E-state index in [0.717, 1.165) is 5.56 Å². The Hall–Kier alpha value is -2.34. The minimum absolute atomic E-state index is 0.0383. The van der Waals surface area contributed by atoms with Crippen molar-refractivity contribution < 1.29 is 24.2 Å². The summed E-state index contributed by atoms with van der Waals surface area (Å²) in [4.78, 5) is 22.7. The van der Waals surface area contributed by atoms with Crippen LogP contribution in [0.25, 0.3) is 0 Å². The molecular formula is C15H19NO5. The topological polar surface area (TPSA) is 98.9 Å². The SMILES string of the molecule is C=C(C)C(=O)OCCOC(=O)[C@@H](N)Cc1ccc(O)cc1. The molecule has 0 heterocycles. The summed E-state index contributed by atoms with van der Waals surface area (Å²) in [6.45, 7) is 4.87. The lowest BCUT2D eigenvalue weighted by molar-refractivity contribution is -0.151. The number of hydrogen-bond donors (Lipinski definition) is 2. The Bertz CT molecular complexity index is 509. The van der Waals surface area contributed by atoms with Gasteiger partial charge < -0.3 is 20.3 Å². The van der Waals surface area contributed by atoms with Gasteiger partial charge in [0.2, 0.25) is 0 Å². The number of nitrogens with two attached hydrogens (primary N) is 1. The fourth-order valence-electron chi connectivity index (χ4n) is 1.48. The molecule has 0 unspecified atom stereocenters. The average Bonchev–Trinajstić information content (AvgIpc) is 2.45. The maximum Gasteiger partial charge on any atom is 0.333 e. The maximum absolute atomic E-state index is 11.6. The van der Waals surface area contributed by atoms with Gasteiger partial charge in [-0.3, -0.25) is 4.79 Å². The third-order valence-electron chi connectivity index (χ3n) is 2.60. The van der Waals surface area contributed by atoms with E-state index in [1.165, 1.54) is 19.1 Å². The monoisotopic (exact) mass is 293 g/mol. The minimum atomic E-state index is -0.814. The Morgan fingerprint density at radius 1 is 1.24 bits per heavy atom. The van der Waals surface area contributed by atoms with Crippen molar-refractivity contribution in [1.82, 2.24) is 0 Å². The van der Waals surface area contributed by atoms with Crippen molar-refractivity contribution in [1.29, 1.82) is 0 Å².